The zero-order valence-corrected chi connectivity index (χ0v) is 14.1. The first kappa shape index (κ1) is 20.2. The molecule has 0 radical (unpaired) electrons. The summed E-state index contributed by atoms with van der Waals surface area (Å²) in [6.07, 6.45) is 4.26. The number of carbonyl (C=O) groups excluding carboxylic acids is 1. The fraction of sp³-hybridized carbons (Fsp3) is 0.588. The molecule has 0 fully saturated rings. The summed E-state index contributed by atoms with van der Waals surface area (Å²) in [4.78, 5) is 12.0. The van der Waals surface area contributed by atoms with Crippen LogP contribution < -0.4 is 18.9 Å². The molecular weight excluding hydrogens is 257 g/mol. The van der Waals surface area contributed by atoms with E-state index in [0.29, 0.717) is 5.56 Å². The Balaban J connectivity index is 0.00000400. The van der Waals surface area contributed by atoms with E-state index in [1.807, 2.05) is 25.1 Å². The summed E-state index contributed by atoms with van der Waals surface area (Å²) in [5.41, 5.74) is 2.73. The first-order valence-corrected chi connectivity index (χ1v) is 7.49. The van der Waals surface area contributed by atoms with Gasteiger partial charge in [-0.2, -0.15) is 0 Å². The number of hydrogen-bond donors (Lipinski definition) is 0. The molecule has 1 aromatic rings. The van der Waals surface area contributed by atoms with Crippen molar-refractivity contribution in [1.82, 2.24) is 0 Å². The molecule has 1 unspecified atom stereocenters. The second kappa shape index (κ2) is 10.9. The second-order valence-corrected chi connectivity index (χ2v) is 5.15. The third-order valence-electron chi connectivity index (χ3n) is 3.40. The smallest absolute Gasteiger partial charge is 0.656 e. The minimum Gasteiger partial charge on any atom is -0.656 e. The van der Waals surface area contributed by atoms with Gasteiger partial charge < -0.3 is 10.1 Å². The monoisotopic (exact) mass is 283 g/mol. The largest absolute Gasteiger partial charge is 1.00 e. The average molecular weight is 283 g/mol. The number of benzene rings is 1. The van der Waals surface area contributed by atoms with Gasteiger partial charge in [0.15, 0.2) is 0 Å². The van der Waals surface area contributed by atoms with Crippen molar-refractivity contribution in [3.8, 4) is 0 Å². The van der Waals surface area contributed by atoms with Crippen LogP contribution >= 0.6 is 0 Å². The molecule has 0 N–H and O–H groups in total. The Morgan fingerprint density at radius 3 is 2.57 bits per heavy atom. The Bertz CT molecular complexity index is 435. The Labute approximate surface area is 141 Å². The molecule has 3 nitrogen and oxygen atoms in total. The van der Waals surface area contributed by atoms with Crippen LogP contribution in [0.5, 0.6) is 0 Å². The third-order valence-corrected chi connectivity index (χ3v) is 3.40. The maximum atomic E-state index is 12.0. The van der Waals surface area contributed by atoms with E-state index < -0.39 is 0 Å². The predicted molar refractivity (Wildman–Crippen MR) is 83.3 cm³/mol. The van der Waals surface area contributed by atoms with Crippen LogP contribution in [-0.4, -0.2) is 19.6 Å². The summed E-state index contributed by atoms with van der Waals surface area (Å²) in [6, 6.07) is 6.07. The van der Waals surface area contributed by atoms with Crippen LogP contribution in [-0.2, 0) is 4.74 Å². The number of rotatable bonds is 8. The number of hydrogen-bond acceptors (Lipinski definition) is 2. The fourth-order valence-corrected chi connectivity index (χ4v) is 2.27. The summed E-state index contributed by atoms with van der Waals surface area (Å²) < 4.78 is 4.91. The van der Waals surface area contributed by atoms with E-state index in [9.17, 15) is 4.79 Å². The van der Waals surface area contributed by atoms with Crippen LogP contribution in [0.4, 0.5) is 0 Å². The van der Waals surface area contributed by atoms with Crippen LogP contribution in [0, 0.1) is 6.92 Å². The molecule has 112 valence electrons. The van der Waals surface area contributed by atoms with Gasteiger partial charge in [-0.15, -0.1) is 12.6 Å². The van der Waals surface area contributed by atoms with Gasteiger partial charge >= 0.3 is 24.8 Å². The van der Waals surface area contributed by atoms with E-state index in [1.165, 1.54) is 7.11 Å². The first-order chi connectivity index (χ1) is 9.63. The van der Waals surface area contributed by atoms with Crippen molar-refractivity contribution in [2.45, 2.75) is 52.5 Å². The van der Waals surface area contributed by atoms with Gasteiger partial charge in [0.25, 0.3) is 0 Å². The summed E-state index contributed by atoms with van der Waals surface area (Å²) >= 11 is 0. The molecule has 0 heterocycles. The molecule has 0 saturated carbocycles. The molecule has 0 bridgehead atoms. The molecule has 0 aliphatic rings. The van der Waals surface area contributed by atoms with Gasteiger partial charge in [-0.1, -0.05) is 62.8 Å². The van der Waals surface area contributed by atoms with Gasteiger partial charge in [0.2, 0.25) is 0 Å². The molecule has 0 aliphatic carbocycles. The molecule has 1 aromatic carbocycles. The van der Waals surface area contributed by atoms with E-state index in [0.717, 1.165) is 43.4 Å². The number of carbonyl (C=O) groups is 1. The first-order valence-electron chi connectivity index (χ1n) is 7.49. The van der Waals surface area contributed by atoms with Crippen molar-refractivity contribution in [3.63, 3.8) is 0 Å². The topological polar surface area (TPSA) is 40.4 Å². The summed E-state index contributed by atoms with van der Waals surface area (Å²) in [5.74, 6) is -0.268. The molecule has 0 aliphatic heterocycles. The summed E-state index contributed by atoms with van der Waals surface area (Å²) in [7, 11) is 1.43. The zero-order chi connectivity index (χ0) is 15.0. The normalized spacial score (nSPS) is 11.6. The SMILES string of the molecule is CCCC[N-]C(CCC)c1ccc(C)cc1C(=O)OC.[Li+]. The van der Waals surface area contributed by atoms with Crippen LogP contribution in [0.1, 0.15) is 67.1 Å². The number of unbranched alkanes of at least 4 members (excludes halogenated alkanes) is 1. The van der Waals surface area contributed by atoms with Crippen molar-refractivity contribution < 1.29 is 28.4 Å². The van der Waals surface area contributed by atoms with Crippen molar-refractivity contribution >= 4 is 5.97 Å². The van der Waals surface area contributed by atoms with Crippen molar-refractivity contribution in [1.29, 1.82) is 0 Å². The third kappa shape index (κ3) is 6.26. The number of ether oxygens (including phenoxy) is 1. The quantitative estimate of drug-likeness (QED) is 0.415. The molecule has 4 heteroatoms. The van der Waals surface area contributed by atoms with Gasteiger partial charge in [-0.25, -0.2) is 4.79 Å². The maximum absolute atomic E-state index is 12.0. The van der Waals surface area contributed by atoms with E-state index >= 15 is 0 Å². The number of methoxy groups -OCH3 is 1. The molecule has 21 heavy (non-hydrogen) atoms. The van der Waals surface area contributed by atoms with Gasteiger partial charge in [-0.05, 0) is 13.0 Å². The van der Waals surface area contributed by atoms with Crippen molar-refractivity contribution in [2.24, 2.45) is 0 Å². The van der Waals surface area contributed by atoms with E-state index in [-0.39, 0.29) is 30.9 Å². The van der Waals surface area contributed by atoms with E-state index in [1.54, 1.807) is 0 Å². The minimum atomic E-state index is -0.268. The van der Waals surface area contributed by atoms with E-state index in [4.69, 9.17) is 10.1 Å². The molecule has 1 rings (SSSR count). The summed E-state index contributed by atoms with van der Waals surface area (Å²) in [6.45, 7) is 7.15. The number of esters is 1. The predicted octanol–water partition coefficient (Wildman–Crippen LogP) is 1.80. The Morgan fingerprint density at radius 1 is 1.29 bits per heavy atom. The van der Waals surface area contributed by atoms with Crippen molar-refractivity contribution in [2.75, 3.05) is 13.7 Å². The van der Waals surface area contributed by atoms with Gasteiger partial charge in [0.05, 0.1) is 12.7 Å². The molecule has 0 saturated heterocycles. The Morgan fingerprint density at radius 2 is 2.00 bits per heavy atom. The van der Waals surface area contributed by atoms with Crippen LogP contribution in [0.15, 0.2) is 18.2 Å². The molecule has 1 atom stereocenters. The number of nitrogens with zero attached hydrogens (tertiary/aromatic N) is 1. The standard InChI is InChI=1S/C17H26NO2.Li/c1-5-7-11-18-16(8-6-2)14-10-9-13(3)12-15(14)17(19)20-4;/h9-10,12,16H,5-8,11H2,1-4H3;/q-1;+1. The van der Waals surface area contributed by atoms with E-state index in [2.05, 4.69) is 13.8 Å². The average Bonchev–Trinajstić information content (AvgIpc) is 2.46. The zero-order valence-electron chi connectivity index (χ0n) is 14.1. The van der Waals surface area contributed by atoms with Gasteiger partial charge in [0.1, 0.15) is 0 Å². The fourth-order valence-electron chi connectivity index (χ4n) is 2.27. The van der Waals surface area contributed by atoms with Crippen LogP contribution in [0.3, 0.4) is 0 Å². The minimum absolute atomic E-state index is 0. The molecule has 0 aromatic heterocycles. The van der Waals surface area contributed by atoms with Crippen LogP contribution in [0.2, 0.25) is 0 Å². The van der Waals surface area contributed by atoms with Gasteiger partial charge in [0, 0.05) is 0 Å². The summed E-state index contributed by atoms with van der Waals surface area (Å²) in [5, 5.41) is 4.77. The molecule has 0 spiro atoms. The molecule has 0 amide bonds. The Hall–Kier alpha value is -0.753. The van der Waals surface area contributed by atoms with Gasteiger partial charge in [-0.3, -0.25) is 0 Å². The van der Waals surface area contributed by atoms with Crippen molar-refractivity contribution in [3.05, 3.63) is 40.2 Å². The maximum Gasteiger partial charge on any atom is 1.00 e. The molecular formula is C17H26LiNO2. The second-order valence-electron chi connectivity index (χ2n) is 5.15. The Kier molecular flexibility index (Phi) is 10.5. The van der Waals surface area contributed by atoms with Crippen LogP contribution in [0.25, 0.3) is 5.32 Å². The number of aryl methyl sites for hydroxylation is 1.